The molecule has 0 unspecified atom stereocenters. The molecule has 0 atom stereocenters. The molecule has 1 aliphatic heterocycles. The SMILES string of the molecule is Cc1c(Br)cc(/C=C2\C(=O)Nc3ccc(C(=O)CC(C)C)cc32)cc1Br. The normalized spacial score (nSPS) is 14.7. The molecule has 0 radical (unpaired) electrons. The lowest BCUT2D eigenvalue weighted by molar-refractivity contribution is -0.110. The van der Waals surface area contributed by atoms with Gasteiger partial charge in [0.05, 0.1) is 0 Å². The average molecular weight is 477 g/mol. The number of benzene rings is 2. The van der Waals surface area contributed by atoms with Gasteiger partial charge in [-0.05, 0) is 60.4 Å². The Hall–Kier alpha value is -1.72. The van der Waals surface area contributed by atoms with Crippen LogP contribution in [-0.2, 0) is 4.79 Å². The van der Waals surface area contributed by atoms with Gasteiger partial charge in [-0.15, -0.1) is 0 Å². The first-order valence-electron chi connectivity index (χ1n) is 8.42. The summed E-state index contributed by atoms with van der Waals surface area (Å²) in [5.41, 5.74) is 4.74. The lowest BCUT2D eigenvalue weighted by Gasteiger charge is -2.07. The topological polar surface area (TPSA) is 46.2 Å². The third kappa shape index (κ3) is 3.84. The lowest BCUT2D eigenvalue weighted by Crippen LogP contribution is -2.03. The summed E-state index contributed by atoms with van der Waals surface area (Å²) < 4.78 is 1.94. The standard InChI is InChI=1S/C21H19Br2NO2/c1-11(2)6-20(25)14-4-5-19-15(10-14)16(21(26)24-19)7-13-8-17(22)12(3)18(23)9-13/h4-5,7-11H,6H2,1-3H3,(H,24,26)/b16-7-. The molecule has 0 saturated heterocycles. The Morgan fingerprint density at radius 2 is 1.81 bits per heavy atom. The Balaban J connectivity index is 2.04. The van der Waals surface area contributed by atoms with Crippen molar-refractivity contribution in [1.29, 1.82) is 0 Å². The van der Waals surface area contributed by atoms with Crippen LogP contribution < -0.4 is 5.32 Å². The summed E-state index contributed by atoms with van der Waals surface area (Å²) in [7, 11) is 0. The van der Waals surface area contributed by atoms with Gasteiger partial charge >= 0.3 is 0 Å². The van der Waals surface area contributed by atoms with Crippen LogP contribution in [0.5, 0.6) is 0 Å². The third-order valence-corrected chi connectivity index (χ3v) is 5.98. The van der Waals surface area contributed by atoms with Gasteiger partial charge in [0, 0.05) is 37.8 Å². The zero-order chi connectivity index (χ0) is 19.0. The molecule has 0 aromatic heterocycles. The van der Waals surface area contributed by atoms with Crippen LogP contribution >= 0.6 is 31.9 Å². The molecule has 0 saturated carbocycles. The minimum Gasteiger partial charge on any atom is -0.321 e. The van der Waals surface area contributed by atoms with Crippen LogP contribution in [0.25, 0.3) is 11.6 Å². The van der Waals surface area contributed by atoms with Gasteiger partial charge in [0.2, 0.25) is 0 Å². The number of carbonyl (C=O) groups excluding carboxylic acids is 2. The summed E-state index contributed by atoms with van der Waals surface area (Å²) in [4.78, 5) is 24.8. The van der Waals surface area contributed by atoms with E-state index in [1.165, 1.54) is 0 Å². The third-order valence-electron chi connectivity index (χ3n) is 4.33. The van der Waals surface area contributed by atoms with Crippen molar-refractivity contribution in [1.82, 2.24) is 0 Å². The number of Topliss-reactive ketones (excluding diaryl/α,β-unsaturated/α-hetero) is 1. The van der Waals surface area contributed by atoms with E-state index in [0.717, 1.165) is 31.3 Å². The summed E-state index contributed by atoms with van der Waals surface area (Å²) in [5, 5.41) is 2.87. The van der Waals surface area contributed by atoms with Crippen LogP contribution in [0.2, 0.25) is 0 Å². The number of fused-ring (bicyclic) bond motifs is 1. The number of ketones is 1. The Morgan fingerprint density at radius 1 is 1.15 bits per heavy atom. The monoisotopic (exact) mass is 475 g/mol. The van der Waals surface area contributed by atoms with Gasteiger partial charge in [-0.25, -0.2) is 0 Å². The Labute approximate surface area is 170 Å². The van der Waals surface area contributed by atoms with E-state index < -0.39 is 0 Å². The maximum absolute atomic E-state index is 12.4. The molecule has 1 heterocycles. The fourth-order valence-electron chi connectivity index (χ4n) is 2.91. The van der Waals surface area contributed by atoms with E-state index in [-0.39, 0.29) is 11.7 Å². The van der Waals surface area contributed by atoms with Crippen LogP contribution in [0.3, 0.4) is 0 Å². The lowest BCUT2D eigenvalue weighted by atomic mass is 9.96. The van der Waals surface area contributed by atoms with E-state index in [9.17, 15) is 9.59 Å². The summed E-state index contributed by atoms with van der Waals surface area (Å²) in [6.45, 7) is 6.05. The van der Waals surface area contributed by atoms with Crippen molar-refractivity contribution in [2.24, 2.45) is 5.92 Å². The first kappa shape index (κ1) is 19.1. The minimum atomic E-state index is -0.152. The van der Waals surface area contributed by atoms with Crippen LogP contribution in [0.1, 0.15) is 47.3 Å². The van der Waals surface area contributed by atoms with Gasteiger partial charge in [0.15, 0.2) is 5.78 Å². The van der Waals surface area contributed by atoms with Crippen LogP contribution in [0.15, 0.2) is 39.3 Å². The molecule has 2 aromatic carbocycles. The molecule has 1 aliphatic rings. The molecular weight excluding hydrogens is 458 g/mol. The van der Waals surface area contributed by atoms with Crippen LogP contribution in [-0.4, -0.2) is 11.7 Å². The zero-order valence-corrected chi connectivity index (χ0v) is 18.0. The molecule has 0 bridgehead atoms. The minimum absolute atomic E-state index is 0.0994. The number of nitrogens with one attached hydrogen (secondary N) is 1. The van der Waals surface area contributed by atoms with Gasteiger partial charge in [-0.3, -0.25) is 9.59 Å². The number of halogens is 2. The van der Waals surface area contributed by atoms with Gasteiger partial charge in [0.1, 0.15) is 0 Å². The molecule has 26 heavy (non-hydrogen) atoms. The predicted octanol–water partition coefficient (Wildman–Crippen LogP) is 6.24. The average Bonchev–Trinajstić information content (AvgIpc) is 2.87. The first-order chi connectivity index (χ1) is 12.3. The van der Waals surface area contributed by atoms with E-state index in [1.54, 1.807) is 6.07 Å². The van der Waals surface area contributed by atoms with E-state index in [0.29, 0.717) is 23.5 Å². The molecule has 3 nitrogen and oxygen atoms in total. The number of anilines is 1. The molecule has 134 valence electrons. The summed E-state index contributed by atoms with van der Waals surface area (Å²) in [5.74, 6) is 0.247. The van der Waals surface area contributed by atoms with E-state index in [2.05, 4.69) is 37.2 Å². The number of rotatable bonds is 4. The summed E-state index contributed by atoms with van der Waals surface area (Å²) in [6.07, 6.45) is 2.35. The van der Waals surface area contributed by atoms with Crippen molar-refractivity contribution in [2.45, 2.75) is 27.2 Å². The summed E-state index contributed by atoms with van der Waals surface area (Å²) in [6, 6.07) is 9.37. The molecule has 0 fully saturated rings. The largest absolute Gasteiger partial charge is 0.321 e. The van der Waals surface area contributed by atoms with E-state index in [1.807, 2.05) is 51.1 Å². The van der Waals surface area contributed by atoms with Crippen LogP contribution in [0, 0.1) is 12.8 Å². The van der Waals surface area contributed by atoms with Gasteiger partial charge in [0.25, 0.3) is 5.91 Å². The van der Waals surface area contributed by atoms with E-state index in [4.69, 9.17) is 0 Å². The van der Waals surface area contributed by atoms with Crippen molar-refractivity contribution in [2.75, 3.05) is 5.32 Å². The maximum Gasteiger partial charge on any atom is 0.256 e. The van der Waals surface area contributed by atoms with E-state index >= 15 is 0 Å². The predicted molar refractivity (Wildman–Crippen MR) is 113 cm³/mol. The highest BCUT2D eigenvalue weighted by atomic mass is 79.9. The van der Waals surface area contributed by atoms with Gasteiger partial charge in [-0.2, -0.15) is 0 Å². The zero-order valence-electron chi connectivity index (χ0n) is 14.8. The maximum atomic E-state index is 12.4. The van der Waals surface area contributed by atoms with Crippen molar-refractivity contribution in [3.05, 3.63) is 61.5 Å². The van der Waals surface area contributed by atoms with Gasteiger partial charge < -0.3 is 5.32 Å². The second-order valence-electron chi connectivity index (χ2n) is 6.90. The Kier molecular flexibility index (Phi) is 5.49. The highest BCUT2D eigenvalue weighted by Gasteiger charge is 2.25. The number of hydrogen-bond acceptors (Lipinski definition) is 2. The smallest absolute Gasteiger partial charge is 0.256 e. The number of hydrogen-bond donors (Lipinski definition) is 1. The first-order valence-corrected chi connectivity index (χ1v) is 10.0. The fraction of sp³-hybridized carbons (Fsp3) is 0.238. The van der Waals surface area contributed by atoms with Gasteiger partial charge in [-0.1, -0.05) is 45.7 Å². The fourth-order valence-corrected chi connectivity index (χ4v) is 4.13. The molecular formula is C21H19Br2NO2. The Bertz CT molecular complexity index is 922. The molecule has 0 aliphatic carbocycles. The second kappa shape index (κ2) is 7.49. The molecule has 1 N–H and O–H groups in total. The highest BCUT2D eigenvalue weighted by Crippen LogP contribution is 2.35. The van der Waals surface area contributed by atoms with Crippen molar-refractivity contribution in [3.63, 3.8) is 0 Å². The number of amides is 1. The quantitative estimate of drug-likeness (QED) is 0.419. The van der Waals surface area contributed by atoms with Crippen LogP contribution in [0.4, 0.5) is 5.69 Å². The number of carbonyl (C=O) groups is 2. The van der Waals surface area contributed by atoms with Crippen molar-refractivity contribution < 1.29 is 9.59 Å². The highest BCUT2D eigenvalue weighted by molar-refractivity contribution is 9.11. The van der Waals surface area contributed by atoms with Crippen molar-refractivity contribution in [3.8, 4) is 0 Å². The molecule has 0 spiro atoms. The Morgan fingerprint density at radius 3 is 2.42 bits per heavy atom. The molecule has 3 rings (SSSR count). The summed E-state index contributed by atoms with van der Waals surface area (Å²) >= 11 is 7.08. The second-order valence-corrected chi connectivity index (χ2v) is 8.61. The molecule has 1 amide bonds. The molecule has 5 heteroatoms. The molecule has 2 aromatic rings. The van der Waals surface area contributed by atoms with Crippen molar-refractivity contribution >= 4 is 60.9 Å².